The molecule has 0 aliphatic rings. The summed E-state index contributed by atoms with van der Waals surface area (Å²) < 4.78 is 72.5. The summed E-state index contributed by atoms with van der Waals surface area (Å²) in [6.07, 6.45) is 0. The molecule has 36 heavy (non-hydrogen) atoms. The minimum atomic E-state index is -2.23. The number of benzene rings is 4. The van der Waals surface area contributed by atoms with E-state index in [1.54, 1.807) is 66.7 Å². The third kappa shape index (κ3) is 5.43. The summed E-state index contributed by atoms with van der Waals surface area (Å²) in [5.41, 5.74) is 0.769. The maximum Gasteiger partial charge on any atom is 0.343 e. The highest BCUT2D eigenvalue weighted by Crippen LogP contribution is 2.22. The van der Waals surface area contributed by atoms with Crippen molar-refractivity contribution in [2.75, 3.05) is 0 Å². The van der Waals surface area contributed by atoms with Gasteiger partial charge in [-0.3, -0.25) is 0 Å². The van der Waals surface area contributed by atoms with E-state index in [-0.39, 0.29) is 5.56 Å². The Morgan fingerprint density at radius 2 is 0.944 bits per heavy atom. The minimum Gasteiger partial charge on any atom is -0.423 e. The molecule has 0 heterocycles. The van der Waals surface area contributed by atoms with Gasteiger partial charge in [0, 0.05) is 16.7 Å². The number of hydrogen-bond acceptors (Lipinski definition) is 2. The van der Waals surface area contributed by atoms with Crippen LogP contribution in [0.25, 0.3) is 0 Å². The molecule has 0 N–H and O–H groups in total. The molecule has 0 amide bonds. The highest BCUT2D eigenvalue weighted by molar-refractivity contribution is 5.90. The van der Waals surface area contributed by atoms with Gasteiger partial charge in [0.05, 0.1) is 5.56 Å². The molecule has 0 radical (unpaired) electrons. The van der Waals surface area contributed by atoms with E-state index in [0.717, 1.165) is 0 Å². The lowest BCUT2D eigenvalue weighted by Gasteiger charge is -2.04. The first-order chi connectivity index (χ1) is 17.3. The lowest BCUT2D eigenvalue weighted by molar-refractivity contribution is 0.0734. The number of rotatable bonds is 2. The highest BCUT2D eigenvalue weighted by Gasteiger charge is 2.24. The largest absolute Gasteiger partial charge is 0.423 e. The Morgan fingerprint density at radius 1 is 0.528 bits per heavy atom. The van der Waals surface area contributed by atoms with Gasteiger partial charge in [0.1, 0.15) is 11.3 Å². The molecule has 0 aliphatic heterocycles. The van der Waals surface area contributed by atoms with Crippen LogP contribution in [0.4, 0.5) is 22.0 Å². The van der Waals surface area contributed by atoms with E-state index in [1.807, 2.05) is 5.92 Å². The number of carbonyl (C=O) groups excluding carboxylic acids is 1. The third-order valence-electron chi connectivity index (χ3n) is 4.85. The third-order valence-corrected chi connectivity index (χ3v) is 4.85. The number of esters is 1. The van der Waals surface area contributed by atoms with Crippen LogP contribution in [0, 0.1) is 52.8 Å². The van der Waals surface area contributed by atoms with E-state index < -0.39 is 40.6 Å². The van der Waals surface area contributed by atoms with Crippen molar-refractivity contribution in [3.8, 4) is 29.4 Å². The Kier molecular flexibility index (Phi) is 7.13. The molecule has 0 aromatic heterocycles. The maximum atomic E-state index is 13.7. The van der Waals surface area contributed by atoms with E-state index in [4.69, 9.17) is 4.74 Å². The van der Waals surface area contributed by atoms with Gasteiger partial charge in [-0.05, 0) is 60.7 Å². The van der Waals surface area contributed by atoms with Crippen molar-refractivity contribution in [3.05, 3.63) is 136 Å². The van der Waals surface area contributed by atoms with E-state index in [1.165, 1.54) is 12.1 Å². The molecule has 4 aromatic rings. The van der Waals surface area contributed by atoms with Gasteiger partial charge >= 0.3 is 5.97 Å². The Balaban J connectivity index is 1.44. The van der Waals surface area contributed by atoms with Gasteiger partial charge in [0.15, 0.2) is 23.3 Å². The zero-order valence-corrected chi connectivity index (χ0v) is 18.2. The molecule has 0 saturated heterocycles. The summed E-state index contributed by atoms with van der Waals surface area (Å²) in [4.78, 5) is 12.1. The number of carbonyl (C=O) groups is 1. The summed E-state index contributed by atoms with van der Waals surface area (Å²) in [6.45, 7) is 0. The van der Waals surface area contributed by atoms with Gasteiger partial charge in [-0.15, -0.1) is 0 Å². The zero-order valence-electron chi connectivity index (χ0n) is 18.2. The zero-order chi connectivity index (χ0) is 25.7. The molecule has 0 unspecified atom stereocenters. The van der Waals surface area contributed by atoms with Gasteiger partial charge in [-0.2, -0.15) is 0 Å². The second kappa shape index (κ2) is 10.6. The molecule has 4 aromatic carbocycles. The van der Waals surface area contributed by atoms with Crippen molar-refractivity contribution in [1.29, 1.82) is 0 Å². The molecule has 0 spiro atoms. The van der Waals surface area contributed by atoms with Crippen LogP contribution in [0.2, 0.25) is 0 Å². The van der Waals surface area contributed by atoms with Gasteiger partial charge < -0.3 is 4.74 Å². The molecular formula is C29H13F5O2. The molecule has 0 atom stereocenters. The fraction of sp³-hybridized carbons (Fsp3) is 0. The smallest absolute Gasteiger partial charge is 0.343 e. The first kappa shape index (κ1) is 24.3. The average Bonchev–Trinajstić information content (AvgIpc) is 2.91. The molecule has 4 rings (SSSR count). The Bertz CT molecular complexity index is 1530. The van der Waals surface area contributed by atoms with Crippen LogP contribution in [0.1, 0.15) is 32.6 Å². The number of halogens is 5. The van der Waals surface area contributed by atoms with E-state index in [9.17, 15) is 26.7 Å². The predicted molar refractivity (Wildman–Crippen MR) is 122 cm³/mol. The molecule has 0 saturated carbocycles. The first-order valence-electron chi connectivity index (χ1n) is 10.4. The van der Waals surface area contributed by atoms with Crippen molar-refractivity contribution in [3.63, 3.8) is 0 Å². The molecule has 7 heteroatoms. The summed E-state index contributed by atoms with van der Waals surface area (Å²) in [6, 6.07) is 21.3. The lowest BCUT2D eigenvalue weighted by Crippen LogP contribution is -2.07. The Labute approximate surface area is 203 Å². The quantitative estimate of drug-likeness (QED) is 0.0815. The Morgan fingerprint density at radius 3 is 1.44 bits per heavy atom. The summed E-state index contributed by atoms with van der Waals surface area (Å²) in [7, 11) is 0. The van der Waals surface area contributed by atoms with Crippen molar-refractivity contribution in [2.45, 2.75) is 0 Å². The van der Waals surface area contributed by atoms with E-state index in [2.05, 4.69) is 17.8 Å². The normalized spacial score (nSPS) is 10.0. The van der Waals surface area contributed by atoms with E-state index >= 15 is 0 Å². The fourth-order valence-corrected chi connectivity index (χ4v) is 2.98. The van der Waals surface area contributed by atoms with Gasteiger partial charge in [0.2, 0.25) is 5.82 Å². The SMILES string of the molecule is O=C(Oc1ccc(C#Cc2ccc(C#Cc3c(F)c(F)c(F)c(F)c3F)cc2)cc1)c1ccccc1. The summed E-state index contributed by atoms with van der Waals surface area (Å²) in [5.74, 6) is -0.181. The van der Waals surface area contributed by atoms with Crippen molar-refractivity contribution < 1.29 is 31.5 Å². The van der Waals surface area contributed by atoms with Crippen molar-refractivity contribution in [2.24, 2.45) is 0 Å². The number of ether oxygens (including phenoxy) is 1. The summed E-state index contributed by atoms with van der Waals surface area (Å²) >= 11 is 0. The van der Waals surface area contributed by atoms with Gasteiger partial charge in [-0.25, -0.2) is 26.7 Å². The van der Waals surface area contributed by atoms with Gasteiger partial charge in [-0.1, -0.05) is 41.9 Å². The van der Waals surface area contributed by atoms with Crippen LogP contribution >= 0.6 is 0 Å². The second-order valence-electron chi connectivity index (χ2n) is 7.30. The van der Waals surface area contributed by atoms with E-state index in [0.29, 0.717) is 22.4 Å². The summed E-state index contributed by atoms with van der Waals surface area (Å²) in [5, 5.41) is 0. The van der Waals surface area contributed by atoms with Crippen molar-refractivity contribution in [1.82, 2.24) is 0 Å². The average molecular weight is 488 g/mol. The predicted octanol–water partition coefficient (Wildman–Crippen LogP) is 6.40. The first-order valence-corrected chi connectivity index (χ1v) is 10.4. The van der Waals surface area contributed by atoms with Crippen molar-refractivity contribution >= 4 is 5.97 Å². The monoisotopic (exact) mass is 488 g/mol. The van der Waals surface area contributed by atoms with Gasteiger partial charge in [0.25, 0.3) is 0 Å². The van der Waals surface area contributed by atoms with Crippen LogP contribution in [-0.4, -0.2) is 5.97 Å². The standard InChI is InChI=1S/C29H13F5O2/c30-24-23(25(31)27(33)28(34)26(24)32)17-14-19-9-6-18(7-10-19)8-11-20-12-15-22(16-13-20)36-29(35)21-4-2-1-3-5-21/h1-7,9-10,12-13,15-16H. The molecule has 2 nitrogen and oxygen atoms in total. The highest BCUT2D eigenvalue weighted by atomic mass is 19.2. The molecule has 0 bridgehead atoms. The van der Waals surface area contributed by atoms with Crippen LogP contribution in [0.15, 0.2) is 78.9 Å². The maximum absolute atomic E-state index is 13.7. The minimum absolute atomic E-state index is 0.286. The number of hydrogen-bond donors (Lipinski definition) is 0. The van der Waals surface area contributed by atoms with Crippen LogP contribution < -0.4 is 4.74 Å². The molecular weight excluding hydrogens is 475 g/mol. The molecule has 0 aliphatic carbocycles. The van der Waals surface area contributed by atoms with Crippen LogP contribution in [0.5, 0.6) is 5.75 Å². The topological polar surface area (TPSA) is 26.3 Å². The van der Waals surface area contributed by atoms with Crippen LogP contribution in [0.3, 0.4) is 0 Å². The molecule has 0 fully saturated rings. The second-order valence-corrected chi connectivity index (χ2v) is 7.30. The fourth-order valence-electron chi connectivity index (χ4n) is 2.98. The van der Waals surface area contributed by atoms with Crippen LogP contribution in [-0.2, 0) is 0 Å². The lowest BCUT2D eigenvalue weighted by atomic mass is 10.1. The molecule has 176 valence electrons. The Hall–Kier alpha value is -4.88.